The summed E-state index contributed by atoms with van der Waals surface area (Å²) >= 11 is 0. The van der Waals surface area contributed by atoms with E-state index in [0.717, 1.165) is 13.0 Å². The van der Waals surface area contributed by atoms with Crippen molar-refractivity contribution in [3.63, 3.8) is 0 Å². The number of aromatic nitrogens is 1. The van der Waals surface area contributed by atoms with Gasteiger partial charge >= 0.3 is 5.97 Å². The molecule has 1 aromatic rings. The van der Waals surface area contributed by atoms with Crippen molar-refractivity contribution >= 4 is 5.97 Å². The molecule has 1 aromatic heterocycles. The van der Waals surface area contributed by atoms with Crippen molar-refractivity contribution in [2.75, 3.05) is 0 Å². The van der Waals surface area contributed by atoms with Gasteiger partial charge in [-0.15, -0.1) is 0 Å². The summed E-state index contributed by atoms with van der Waals surface area (Å²) in [4.78, 5) is 10.9. The molecule has 0 aliphatic carbocycles. The Hall–Kier alpha value is -0.900. The first-order valence-electron chi connectivity index (χ1n) is 8.46. The lowest BCUT2D eigenvalue weighted by molar-refractivity contribution is -0.697. The number of carboxylic acid groups (broad SMARTS) is 1. The number of hydrogen-bond donors (Lipinski definition) is 1. The van der Waals surface area contributed by atoms with Crippen molar-refractivity contribution in [1.29, 1.82) is 0 Å². The van der Waals surface area contributed by atoms with Crippen LogP contribution in [0, 0.1) is 0 Å². The molecule has 1 N–H and O–H groups in total. The summed E-state index contributed by atoms with van der Waals surface area (Å²) in [7, 11) is 0. The van der Waals surface area contributed by atoms with Crippen LogP contribution >= 0.6 is 0 Å². The van der Waals surface area contributed by atoms with E-state index in [-0.39, 0.29) is 17.0 Å². The minimum Gasteiger partial charge on any atom is -1.00 e. The normalized spacial score (nSPS) is 10.2. The average Bonchev–Trinajstić information content (AvgIpc) is 2.49. The molecule has 0 spiro atoms. The molecule has 0 aliphatic heterocycles. The second-order valence-corrected chi connectivity index (χ2v) is 5.82. The van der Waals surface area contributed by atoms with Gasteiger partial charge in [-0.05, 0) is 12.5 Å². The zero-order valence-corrected chi connectivity index (χ0v) is 15.4. The lowest BCUT2D eigenvalue weighted by atomic mass is 10.1. The largest absolute Gasteiger partial charge is 1.00 e. The Morgan fingerprint density at radius 2 is 1.55 bits per heavy atom. The SMILES string of the molecule is CCCCCCCCCCCC[n+]1cccc(C(=O)O)c1.[Br-]. The average molecular weight is 372 g/mol. The third-order valence-electron chi connectivity index (χ3n) is 3.88. The van der Waals surface area contributed by atoms with Crippen LogP contribution < -0.4 is 21.5 Å². The highest BCUT2D eigenvalue weighted by molar-refractivity contribution is 5.86. The Bertz CT molecular complexity index is 410. The molecule has 1 heterocycles. The quantitative estimate of drug-likeness (QED) is 0.447. The molecule has 0 radical (unpaired) electrons. The number of rotatable bonds is 12. The van der Waals surface area contributed by atoms with Crippen LogP contribution in [0.25, 0.3) is 0 Å². The molecule has 126 valence electrons. The molecule has 0 atom stereocenters. The maximum atomic E-state index is 10.9. The first-order chi connectivity index (χ1) is 10.2. The van der Waals surface area contributed by atoms with Gasteiger partial charge in [-0.1, -0.05) is 58.3 Å². The summed E-state index contributed by atoms with van der Waals surface area (Å²) in [5, 5.41) is 8.94. The van der Waals surface area contributed by atoms with E-state index < -0.39 is 5.97 Å². The minimum atomic E-state index is -0.854. The molecular formula is C18H30BrNO2. The van der Waals surface area contributed by atoms with E-state index in [1.54, 1.807) is 18.3 Å². The monoisotopic (exact) mass is 371 g/mol. The second-order valence-electron chi connectivity index (χ2n) is 5.82. The first-order valence-corrected chi connectivity index (χ1v) is 8.46. The van der Waals surface area contributed by atoms with Gasteiger partial charge in [0.15, 0.2) is 12.4 Å². The number of aryl methyl sites for hydroxylation is 1. The zero-order valence-electron chi connectivity index (χ0n) is 13.8. The third kappa shape index (κ3) is 9.93. The molecule has 22 heavy (non-hydrogen) atoms. The molecule has 0 unspecified atom stereocenters. The number of hydrogen-bond acceptors (Lipinski definition) is 1. The Morgan fingerprint density at radius 3 is 2.09 bits per heavy atom. The van der Waals surface area contributed by atoms with Gasteiger partial charge in [0.2, 0.25) is 0 Å². The van der Waals surface area contributed by atoms with Gasteiger partial charge in [-0.2, -0.15) is 0 Å². The fourth-order valence-electron chi connectivity index (χ4n) is 2.57. The smallest absolute Gasteiger partial charge is 0.341 e. The molecule has 0 aromatic carbocycles. The van der Waals surface area contributed by atoms with E-state index in [1.165, 1.54) is 57.8 Å². The number of pyridine rings is 1. The van der Waals surface area contributed by atoms with Crippen LogP contribution in [0.1, 0.15) is 81.5 Å². The topological polar surface area (TPSA) is 41.2 Å². The fraction of sp³-hybridized carbons (Fsp3) is 0.667. The minimum absolute atomic E-state index is 0. The predicted molar refractivity (Wildman–Crippen MR) is 85.4 cm³/mol. The molecule has 0 aliphatic rings. The number of nitrogens with zero attached hydrogens (tertiary/aromatic N) is 1. The molecule has 0 saturated heterocycles. The number of halogens is 1. The molecule has 4 heteroatoms. The summed E-state index contributed by atoms with van der Waals surface area (Å²) in [5.74, 6) is -0.854. The van der Waals surface area contributed by atoms with E-state index in [9.17, 15) is 4.79 Å². The van der Waals surface area contributed by atoms with Crippen molar-refractivity contribution in [3.05, 3.63) is 30.1 Å². The van der Waals surface area contributed by atoms with E-state index in [0.29, 0.717) is 5.56 Å². The highest BCUT2D eigenvalue weighted by Gasteiger charge is 2.08. The van der Waals surface area contributed by atoms with Gasteiger partial charge in [-0.3, -0.25) is 0 Å². The molecule has 3 nitrogen and oxygen atoms in total. The fourth-order valence-corrected chi connectivity index (χ4v) is 2.57. The highest BCUT2D eigenvalue weighted by atomic mass is 79.9. The number of carbonyl (C=O) groups is 1. The Kier molecular flexibility index (Phi) is 13.2. The molecule has 0 saturated carbocycles. The van der Waals surface area contributed by atoms with Gasteiger partial charge in [0.05, 0.1) is 0 Å². The van der Waals surface area contributed by atoms with Crippen molar-refractivity contribution < 1.29 is 31.4 Å². The molecule has 0 amide bonds. The van der Waals surface area contributed by atoms with Crippen LogP contribution in [0.3, 0.4) is 0 Å². The molecular weight excluding hydrogens is 342 g/mol. The van der Waals surface area contributed by atoms with Gasteiger partial charge in [-0.25, -0.2) is 9.36 Å². The number of carboxylic acids is 1. The molecule has 0 fully saturated rings. The lowest BCUT2D eigenvalue weighted by Gasteiger charge is -2.01. The van der Waals surface area contributed by atoms with E-state index in [4.69, 9.17) is 5.11 Å². The van der Waals surface area contributed by atoms with Gasteiger partial charge in [0.25, 0.3) is 0 Å². The van der Waals surface area contributed by atoms with Crippen LogP contribution in [-0.2, 0) is 6.54 Å². The Balaban J connectivity index is 0.00000441. The van der Waals surface area contributed by atoms with Crippen LogP contribution in [0.4, 0.5) is 0 Å². The summed E-state index contributed by atoms with van der Waals surface area (Å²) < 4.78 is 1.98. The maximum Gasteiger partial charge on any atom is 0.341 e. The van der Waals surface area contributed by atoms with Gasteiger partial charge < -0.3 is 22.1 Å². The van der Waals surface area contributed by atoms with Gasteiger partial charge in [0.1, 0.15) is 12.1 Å². The van der Waals surface area contributed by atoms with Gasteiger partial charge in [0, 0.05) is 12.5 Å². The second kappa shape index (κ2) is 13.7. The standard InChI is InChI=1S/C18H29NO2.BrH/c1-2-3-4-5-6-7-8-9-10-11-14-19-15-12-13-17(16-19)18(20)21;/h12-13,15-16H,2-11,14H2,1H3;1H. The lowest BCUT2D eigenvalue weighted by Crippen LogP contribution is -3.00. The van der Waals surface area contributed by atoms with E-state index in [1.807, 2.05) is 10.8 Å². The zero-order chi connectivity index (χ0) is 15.3. The summed E-state index contributed by atoms with van der Waals surface area (Å²) in [6.07, 6.45) is 16.9. The highest BCUT2D eigenvalue weighted by Crippen LogP contribution is 2.10. The van der Waals surface area contributed by atoms with E-state index >= 15 is 0 Å². The molecule has 1 rings (SSSR count). The van der Waals surface area contributed by atoms with Crippen molar-refractivity contribution in [2.45, 2.75) is 77.7 Å². The summed E-state index contributed by atoms with van der Waals surface area (Å²) in [6.45, 7) is 3.17. The van der Waals surface area contributed by atoms with Crippen molar-refractivity contribution in [2.24, 2.45) is 0 Å². The predicted octanol–water partition coefficient (Wildman–Crippen LogP) is 1.60. The number of aromatic carboxylic acids is 1. The summed E-state index contributed by atoms with van der Waals surface area (Å²) in [6, 6.07) is 3.44. The first kappa shape index (κ1) is 21.1. The Labute approximate surface area is 145 Å². The van der Waals surface area contributed by atoms with Crippen LogP contribution in [0.15, 0.2) is 24.5 Å². The third-order valence-corrected chi connectivity index (χ3v) is 3.88. The van der Waals surface area contributed by atoms with Crippen LogP contribution in [0.2, 0.25) is 0 Å². The van der Waals surface area contributed by atoms with Crippen molar-refractivity contribution in [3.8, 4) is 0 Å². The number of unbranched alkanes of at least 4 members (excludes halogenated alkanes) is 9. The Morgan fingerprint density at radius 1 is 1.00 bits per heavy atom. The molecule has 0 bridgehead atoms. The van der Waals surface area contributed by atoms with Crippen LogP contribution in [0.5, 0.6) is 0 Å². The van der Waals surface area contributed by atoms with Crippen molar-refractivity contribution in [1.82, 2.24) is 0 Å². The maximum absolute atomic E-state index is 10.9. The summed E-state index contributed by atoms with van der Waals surface area (Å²) in [5.41, 5.74) is 0.365. The van der Waals surface area contributed by atoms with E-state index in [2.05, 4.69) is 6.92 Å². The van der Waals surface area contributed by atoms with Crippen LogP contribution in [-0.4, -0.2) is 11.1 Å².